The van der Waals surface area contributed by atoms with Gasteiger partial charge in [-0.3, -0.25) is 14.5 Å². The number of halogens is 1. The number of nitrogens with zero attached hydrogens (tertiary/aromatic N) is 2. The van der Waals surface area contributed by atoms with Crippen molar-refractivity contribution < 1.29 is 9.59 Å². The molecule has 2 amide bonds. The number of nitrogens with one attached hydrogen (secondary N) is 1. The maximum Gasteiger partial charge on any atom is 0.242 e. The summed E-state index contributed by atoms with van der Waals surface area (Å²) >= 11 is 4.79. The SMILES string of the molecule is Cc1cccc(N=C2S[C@H](CC(=O)Nc3ccccc3Br)C(=O)N2CC(C)C)c1. The van der Waals surface area contributed by atoms with Crippen LogP contribution in [0.1, 0.15) is 25.8 Å². The Morgan fingerprint density at radius 1 is 1.24 bits per heavy atom. The molecule has 1 aliphatic heterocycles. The zero-order valence-electron chi connectivity index (χ0n) is 16.7. The number of thioether (sulfide) groups is 1. The van der Waals surface area contributed by atoms with Crippen molar-refractivity contribution in [3.05, 3.63) is 58.6 Å². The van der Waals surface area contributed by atoms with E-state index < -0.39 is 5.25 Å². The highest BCUT2D eigenvalue weighted by Gasteiger charge is 2.39. The van der Waals surface area contributed by atoms with Crippen LogP contribution >= 0.6 is 27.7 Å². The number of para-hydroxylation sites is 1. The van der Waals surface area contributed by atoms with Crippen LogP contribution in [-0.4, -0.2) is 33.7 Å². The maximum atomic E-state index is 13.0. The van der Waals surface area contributed by atoms with Crippen molar-refractivity contribution in [3.8, 4) is 0 Å². The Bertz CT molecular complexity index is 945. The number of aliphatic imine (C=N–C) groups is 1. The number of hydrogen-bond acceptors (Lipinski definition) is 4. The third-order valence-electron chi connectivity index (χ3n) is 4.31. The predicted molar refractivity (Wildman–Crippen MR) is 124 cm³/mol. The van der Waals surface area contributed by atoms with Gasteiger partial charge in [-0.1, -0.05) is 49.9 Å². The second-order valence-electron chi connectivity index (χ2n) is 7.41. The van der Waals surface area contributed by atoms with E-state index >= 15 is 0 Å². The molecule has 3 rings (SSSR count). The third kappa shape index (κ3) is 5.70. The van der Waals surface area contributed by atoms with Gasteiger partial charge in [-0.2, -0.15) is 0 Å². The van der Waals surface area contributed by atoms with Crippen molar-refractivity contribution in [3.63, 3.8) is 0 Å². The molecule has 0 aliphatic carbocycles. The Kier molecular flexibility index (Phi) is 7.14. The highest BCUT2D eigenvalue weighted by molar-refractivity contribution is 9.10. The topological polar surface area (TPSA) is 61.8 Å². The number of amidine groups is 1. The fourth-order valence-electron chi connectivity index (χ4n) is 3.00. The highest BCUT2D eigenvalue weighted by atomic mass is 79.9. The van der Waals surface area contributed by atoms with Crippen molar-refractivity contribution in [1.29, 1.82) is 0 Å². The van der Waals surface area contributed by atoms with Gasteiger partial charge in [0.1, 0.15) is 5.25 Å². The van der Waals surface area contributed by atoms with Crippen molar-refractivity contribution in [1.82, 2.24) is 4.90 Å². The van der Waals surface area contributed by atoms with E-state index in [0.29, 0.717) is 23.3 Å². The molecule has 1 atom stereocenters. The number of carbonyl (C=O) groups excluding carboxylic acids is 2. The van der Waals surface area contributed by atoms with Crippen LogP contribution in [0.25, 0.3) is 0 Å². The summed E-state index contributed by atoms with van der Waals surface area (Å²) in [7, 11) is 0. The molecular weight excluding hydrogens is 450 g/mol. The summed E-state index contributed by atoms with van der Waals surface area (Å²) in [6.07, 6.45) is 0.103. The fourth-order valence-corrected chi connectivity index (χ4v) is 4.55. The molecular formula is C22H24BrN3O2S. The molecule has 5 nitrogen and oxygen atoms in total. The molecule has 7 heteroatoms. The van der Waals surface area contributed by atoms with Crippen LogP contribution in [0, 0.1) is 12.8 Å². The van der Waals surface area contributed by atoms with E-state index in [1.54, 1.807) is 4.90 Å². The molecule has 0 unspecified atom stereocenters. The van der Waals surface area contributed by atoms with E-state index in [9.17, 15) is 9.59 Å². The van der Waals surface area contributed by atoms with Gasteiger partial charge in [0.2, 0.25) is 11.8 Å². The lowest BCUT2D eigenvalue weighted by atomic mass is 10.2. The quantitative estimate of drug-likeness (QED) is 0.612. The van der Waals surface area contributed by atoms with Crippen LogP contribution in [0.5, 0.6) is 0 Å². The Hall–Kier alpha value is -2.12. The molecule has 1 heterocycles. The number of aryl methyl sites for hydroxylation is 1. The maximum absolute atomic E-state index is 13.0. The van der Waals surface area contributed by atoms with Crippen molar-refractivity contribution in [2.75, 3.05) is 11.9 Å². The fraction of sp³-hybridized carbons (Fsp3) is 0.318. The first-order valence-corrected chi connectivity index (χ1v) is 11.2. The first-order chi connectivity index (χ1) is 13.8. The summed E-state index contributed by atoms with van der Waals surface area (Å²) in [6.45, 7) is 6.72. The summed E-state index contributed by atoms with van der Waals surface area (Å²) in [4.78, 5) is 32.0. The van der Waals surface area contributed by atoms with Crippen LogP contribution in [0.3, 0.4) is 0 Å². The predicted octanol–water partition coefficient (Wildman–Crippen LogP) is 5.37. The minimum absolute atomic E-state index is 0.0580. The molecule has 0 spiro atoms. The third-order valence-corrected chi connectivity index (χ3v) is 6.18. The number of anilines is 1. The van der Waals surface area contributed by atoms with Crippen molar-refractivity contribution in [2.24, 2.45) is 10.9 Å². The van der Waals surface area contributed by atoms with Gasteiger partial charge in [0.25, 0.3) is 0 Å². The molecule has 1 N–H and O–H groups in total. The Balaban J connectivity index is 1.77. The lowest BCUT2D eigenvalue weighted by molar-refractivity contribution is -0.128. The molecule has 0 radical (unpaired) electrons. The van der Waals surface area contributed by atoms with Crippen LogP contribution in [0.15, 0.2) is 58.0 Å². The van der Waals surface area contributed by atoms with Gasteiger partial charge in [-0.15, -0.1) is 0 Å². The summed E-state index contributed by atoms with van der Waals surface area (Å²) in [5.41, 5.74) is 2.62. The van der Waals surface area contributed by atoms with Crippen LogP contribution in [-0.2, 0) is 9.59 Å². The second-order valence-corrected chi connectivity index (χ2v) is 9.44. The smallest absolute Gasteiger partial charge is 0.242 e. The molecule has 2 aromatic carbocycles. The second kappa shape index (κ2) is 9.59. The van der Waals surface area contributed by atoms with E-state index in [1.165, 1.54) is 11.8 Å². The molecule has 1 fully saturated rings. The molecule has 0 aromatic heterocycles. The molecule has 1 saturated heterocycles. The lowest BCUT2D eigenvalue weighted by Crippen LogP contribution is -2.36. The Labute approximate surface area is 184 Å². The average molecular weight is 474 g/mol. The molecule has 2 aromatic rings. The van der Waals surface area contributed by atoms with E-state index in [4.69, 9.17) is 4.99 Å². The van der Waals surface area contributed by atoms with Gasteiger partial charge >= 0.3 is 0 Å². The minimum atomic E-state index is -0.472. The molecule has 1 aliphatic rings. The largest absolute Gasteiger partial charge is 0.325 e. The van der Waals surface area contributed by atoms with Gasteiger partial charge < -0.3 is 5.32 Å². The number of carbonyl (C=O) groups is 2. The molecule has 0 saturated carbocycles. The zero-order chi connectivity index (χ0) is 21.0. The summed E-state index contributed by atoms with van der Waals surface area (Å²) < 4.78 is 0.807. The zero-order valence-corrected chi connectivity index (χ0v) is 19.1. The number of hydrogen-bond donors (Lipinski definition) is 1. The van der Waals surface area contributed by atoms with Crippen LogP contribution in [0.4, 0.5) is 11.4 Å². The highest BCUT2D eigenvalue weighted by Crippen LogP contribution is 2.33. The monoisotopic (exact) mass is 473 g/mol. The van der Waals surface area contributed by atoms with Gasteiger partial charge in [-0.25, -0.2) is 4.99 Å². The minimum Gasteiger partial charge on any atom is -0.325 e. The van der Waals surface area contributed by atoms with E-state index in [0.717, 1.165) is 15.7 Å². The summed E-state index contributed by atoms with van der Waals surface area (Å²) in [5.74, 6) is 0.0524. The average Bonchev–Trinajstić information content (AvgIpc) is 2.92. The summed E-state index contributed by atoms with van der Waals surface area (Å²) in [5, 5.41) is 3.06. The van der Waals surface area contributed by atoms with Crippen molar-refractivity contribution in [2.45, 2.75) is 32.4 Å². The van der Waals surface area contributed by atoms with Crippen LogP contribution < -0.4 is 5.32 Å². The Morgan fingerprint density at radius 3 is 2.69 bits per heavy atom. The normalized spacial score (nSPS) is 18.0. The molecule has 29 heavy (non-hydrogen) atoms. The number of rotatable bonds is 6. The summed E-state index contributed by atoms with van der Waals surface area (Å²) in [6, 6.07) is 15.3. The van der Waals surface area contributed by atoms with Gasteiger partial charge in [0.05, 0.1) is 11.4 Å². The van der Waals surface area contributed by atoms with Crippen molar-refractivity contribution >= 4 is 56.0 Å². The van der Waals surface area contributed by atoms with Gasteiger partial charge in [0.15, 0.2) is 5.17 Å². The van der Waals surface area contributed by atoms with Gasteiger partial charge in [-0.05, 0) is 58.6 Å². The molecule has 0 bridgehead atoms. The van der Waals surface area contributed by atoms with E-state index in [1.807, 2.05) is 55.5 Å². The first-order valence-electron chi connectivity index (χ1n) is 9.51. The number of amides is 2. The molecule has 152 valence electrons. The van der Waals surface area contributed by atoms with E-state index in [-0.39, 0.29) is 18.2 Å². The standard InChI is InChI=1S/C22H24BrN3O2S/c1-14(2)13-26-21(28)19(12-20(27)25-18-10-5-4-9-17(18)23)29-22(26)24-16-8-6-7-15(3)11-16/h4-11,14,19H,12-13H2,1-3H3,(H,25,27)/t19-/m1/s1. The van der Waals surface area contributed by atoms with Gasteiger partial charge in [0, 0.05) is 17.4 Å². The Morgan fingerprint density at radius 2 is 2.00 bits per heavy atom. The van der Waals surface area contributed by atoms with Crippen LogP contribution in [0.2, 0.25) is 0 Å². The lowest BCUT2D eigenvalue weighted by Gasteiger charge is -2.18. The number of benzene rings is 2. The first kappa shape index (κ1) is 21.6. The van der Waals surface area contributed by atoms with E-state index in [2.05, 4.69) is 35.1 Å².